The summed E-state index contributed by atoms with van der Waals surface area (Å²) >= 11 is 6.65. The van der Waals surface area contributed by atoms with E-state index in [4.69, 9.17) is 16.3 Å². The average molecular weight is 299 g/mol. The predicted molar refractivity (Wildman–Crippen MR) is 85.2 cm³/mol. The topological polar surface area (TPSA) is 9.23 Å². The lowest BCUT2D eigenvalue weighted by Gasteiger charge is -2.54. The maximum Gasteiger partial charge on any atom is 0.0663 e. The van der Waals surface area contributed by atoms with Crippen LogP contribution in [0.5, 0.6) is 0 Å². The minimum Gasteiger partial charge on any atom is -0.374 e. The van der Waals surface area contributed by atoms with Gasteiger partial charge in [-0.05, 0) is 50.4 Å². The van der Waals surface area contributed by atoms with Crippen LogP contribution in [0.25, 0.3) is 0 Å². The maximum atomic E-state index is 6.65. The number of ether oxygens (including phenoxy) is 1. The molecule has 3 aliphatic carbocycles. The van der Waals surface area contributed by atoms with Crippen LogP contribution in [0, 0.1) is 17.3 Å². The Morgan fingerprint density at radius 3 is 2.00 bits per heavy atom. The van der Waals surface area contributed by atoms with Gasteiger partial charge in [0.05, 0.1) is 12.2 Å². The molecule has 0 amide bonds. The van der Waals surface area contributed by atoms with Crippen molar-refractivity contribution in [1.82, 2.24) is 0 Å². The summed E-state index contributed by atoms with van der Waals surface area (Å²) in [5.41, 5.74) is 0.335. The van der Waals surface area contributed by atoms with Crippen molar-refractivity contribution in [2.45, 2.75) is 95.6 Å². The lowest BCUT2D eigenvalue weighted by atomic mass is 9.61. The molecule has 0 aromatic carbocycles. The van der Waals surface area contributed by atoms with E-state index in [9.17, 15) is 0 Å². The van der Waals surface area contributed by atoms with Crippen LogP contribution in [0.2, 0.25) is 0 Å². The van der Waals surface area contributed by atoms with Crippen molar-refractivity contribution in [3.8, 4) is 0 Å². The molecule has 0 aliphatic heterocycles. The van der Waals surface area contributed by atoms with Crippen LogP contribution in [0.4, 0.5) is 0 Å². The second kappa shape index (κ2) is 6.16. The van der Waals surface area contributed by atoms with Gasteiger partial charge in [-0.2, -0.15) is 0 Å². The van der Waals surface area contributed by atoms with Crippen LogP contribution in [-0.4, -0.2) is 17.6 Å². The van der Waals surface area contributed by atoms with Gasteiger partial charge in [0.1, 0.15) is 0 Å². The van der Waals surface area contributed by atoms with Crippen molar-refractivity contribution in [2.24, 2.45) is 17.3 Å². The summed E-state index contributed by atoms with van der Waals surface area (Å²) < 4.78 is 6.60. The first-order valence-electron chi connectivity index (χ1n) is 8.89. The molecule has 0 aromatic rings. The highest BCUT2D eigenvalue weighted by Crippen LogP contribution is 2.55. The Bertz CT molecular complexity index is 311. The molecule has 3 fully saturated rings. The third-order valence-corrected chi connectivity index (χ3v) is 6.83. The Balaban J connectivity index is 1.62. The summed E-state index contributed by atoms with van der Waals surface area (Å²) in [7, 11) is 0. The van der Waals surface area contributed by atoms with Crippen molar-refractivity contribution >= 4 is 11.6 Å². The molecule has 3 aliphatic rings. The first-order chi connectivity index (χ1) is 9.60. The number of halogens is 1. The van der Waals surface area contributed by atoms with Gasteiger partial charge >= 0.3 is 0 Å². The zero-order valence-corrected chi connectivity index (χ0v) is 14.0. The zero-order chi connectivity index (χ0) is 14.2. The molecular weight excluding hydrogens is 268 g/mol. The van der Waals surface area contributed by atoms with Gasteiger partial charge < -0.3 is 4.74 Å². The standard InChI is InChI=1S/C18H31ClO/c1-13-9-14(2)11-15(10-13)20-17-12-16(19)18(17)7-5-3-4-6-8-18/h13-17H,3-12H2,1-2H3. The second-order valence-corrected chi connectivity index (χ2v) is 8.54. The van der Waals surface area contributed by atoms with Gasteiger partial charge in [0.25, 0.3) is 0 Å². The summed E-state index contributed by atoms with van der Waals surface area (Å²) in [5.74, 6) is 1.67. The highest BCUT2D eigenvalue weighted by atomic mass is 35.5. The van der Waals surface area contributed by atoms with Gasteiger partial charge in [-0.15, -0.1) is 11.6 Å². The first-order valence-corrected chi connectivity index (χ1v) is 9.33. The molecule has 3 rings (SSSR count). The van der Waals surface area contributed by atoms with E-state index in [1.165, 1.54) is 57.8 Å². The van der Waals surface area contributed by atoms with Crippen molar-refractivity contribution in [2.75, 3.05) is 0 Å². The van der Waals surface area contributed by atoms with Crippen LogP contribution in [0.1, 0.15) is 78.1 Å². The van der Waals surface area contributed by atoms with Gasteiger partial charge in [0, 0.05) is 10.8 Å². The number of hydrogen-bond donors (Lipinski definition) is 0. The van der Waals surface area contributed by atoms with Gasteiger partial charge in [-0.25, -0.2) is 0 Å². The minimum absolute atomic E-state index is 0.335. The maximum absolute atomic E-state index is 6.65. The summed E-state index contributed by atoms with van der Waals surface area (Å²) in [6.07, 6.45) is 14.1. The van der Waals surface area contributed by atoms with E-state index in [2.05, 4.69) is 13.8 Å². The Morgan fingerprint density at radius 2 is 1.45 bits per heavy atom. The Morgan fingerprint density at radius 1 is 0.850 bits per heavy atom. The molecule has 1 nitrogen and oxygen atoms in total. The van der Waals surface area contributed by atoms with E-state index < -0.39 is 0 Å². The van der Waals surface area contributed by atoms with Crippen molar-refractivity contribution in [3.05, 3.63) is 0 Å². The Hall–Kier alpha value is 0.250. The molecule has 0 bridgehead atoms. The SMILES string of the molecule is CC1CC(C)CC(OC2CC(Cl)C23CCCCCC3)C1. The van der Waals surface area contributed by atoms with Gasteiger partial charge in [0.15, 0.2) is 0 Å². The monoisotopic (exact) mass is 298 g/mol. The third-order valence-electron chi connectivity index (χ3n) is 6.21. The van der Waals surface area contributed by atoms with E-state index in [0.717, 1.165) is 18.3 Å². The fourth-order valence-corrected chi connectivity index (χ4v) is 5.65. The predicted octanol–water partition coefficient (Wildman–Crippen LogP) is 5.55. The fraction of sp³-hybridized carbons (Fsp3) is 1.00. The average Bonchev–Trinajstić information content (AvgIpc) is 2.65. The van der Waals surface area contributed by atoms with E-state index in [0.29, 0.717) is 23.0 Å². The molecular formula is C18H31ClO. The molecule has 0 radical (unpaired) electrons. The quantitative estimate of drug-likeness (QED) is 0.607. The summed E-state index contributed by atoms with van der Waals surface area (Å²) in [5, 5.41) is 0.379. The van der Waals surface area contributed by atoms with Crippen LogP contribution in [0.3, 0.4) is 0 Å². The summed E-state index contributed by atoms with van der Waals surface area (Å²) in [6.45, 7) is 4.77. The molecule has 0 N–H and O–H groups in total. The van der Waals surface area contributed by atoms with Gasteiger partial charge in [-0.3, -0.25) is 0 Å². The summed E-state index contributed by atoms with van der Waals surface area (Å²) in [6, 6.07) is 0. The van der Waals surface area contributed by atoms with Crippen LogP contribution in [0.15, 0.2) is 0 Å². The number of hydrogen-bond acceptors (Lipinski definition) is 1. The van der Waals surface area contributed by atoms with E-state index in [-0.39, 0.29) is 0 Å². The molecule has 2 heteroatoms. The lowest BCUT2D eigenvalue weighted by Crippen LogP contribution is -2.56. The normalized spacial score (nSPS) is 44.9. The minimum atomic E-state index is 0.335. The molecule has 1 spiro atoms. The number of alkyl halides is 1. The van der Waals surface area contributed by atoms with Crippen molar-refractivity contribution in [3.63, 3.8) is 0 Å². The van der Waals surface area contributed by atoms with Gasteiger partial charge in [0.2, 0.25) is 0 Å². The van der Waals surface area contributed by atoms with Crippen LogP contribution in [-0.2, 0) is 4.74 Å². The Kier molecular flexibility index (Phi) is 4.67. The van der Waals surface area contributed by atoms with Crippen LogP contribution >= 0.6 is 11.6 Å². The molecule has 4 atom stereocenters. The van der Waals surface area contributed by atoms with Crippen LogP contribution < -0.4 is 0 Å². The van der Waals surface area contributed by atoms with Crippen molar-refractivity contribution in [1.29, 1.82) is 0 Å². The molecule has 0 heterocycles. The molecule has 20 heavy (non-hydrogen) atoms. The second-order valence-electron chi connectivity index (χ2n) is 8.01. The molecule has 4 unspecified atom stereocenters. The highest BCUT2D eigenvalue weighted by Gasteiger charge is 2.55. The summed E-state index contributed by atoms with van der Waals surface area (Å²) in [4.78, 5) is 0. The van der Waals surface area contributed by atoms with Gasteiger partial charge in [-0.1, -0.05) is 39.5 Å². The van der Waals surface area contributed by atoms with Crippen molar-refractivity contribution < 1.29 is 4.74 Å². The molecule has 0 aromatic heterocycles. The molecule has 116 valence electrons. The fourth-order valence-electron chi connectivity index (χ4n) is 5.13. The molecule has 3 saturated carbocycles. The first kappa shape index (κ1) is 15.2. The van der Waals surface area contributed by atoms with E-state index >= 15 is 0 Å². The largest absolute Gasteiger partial charge is 0.374 e. The smallest absolute Gasteiger partial charge is 0.0663 e. The lowest BCUT2D eigenvalue weighted by molar-refractivity contribution is -0.159. The van der Waals surface area contributed by atoms with E-state index in [1.807, 2.05) is 0 Å². The third kappa shape index (κ3) is 2.90. The zero-order valence-electron chi connectivity index (χ0n) is 13.2. The number of rotatable bonds is 2. The molecule has 0 saturated heterocycles. The van der Waals surface area contributed by atoms with E-state index in [1.54, 1.807) is 0 Å². The highest BCUT2D eigenvalue weighted by molar-refractivity contribution is 6.21. The Labute approximate surface area is 129 Å².